The first-order valence-corrected chi connectivity index (χ1v) is 14.0. The van der Waals surface area contributed by atoms with Crippen molar-refractivity contribution in [3.8, 4) is 0 Å². The van der Waals surface area contributed by atoms with Gasteiger partial charge in [-0.15, -0.1) is 0 Å². The molecule has 8 radical (unpaired) electrons. The topological polar surface area (TPSA) is 82.9 Å². The van der Waals surface area contributed by atoms with Crippen LogP contribution in [0.5, 0.6) is 0 Å². The molecule has 1 fully saturated rings. The average Bonchev–Trinajstić information content (AvgIpc) is 3.70. The fourth-order valence-electron chi connectivity index (χ4n) is 5.72. The number of fused-ring (bicyclic) bond motifs is 1. The molecule has 2 aliphatic rings. The first kappa shape index (κ1) is 31.8. The molecule has 3 aromatic rings. The average molecular weight is 596 g/mol. The van der Waals surface area contributed by atoms with Crippen molar-refractivity contribution in [2.75, 3.05) is 0 Å². The molecule has 2 N–H and O–H groups in total. The van der Waals surface area contributed by atoms with Crippen LogP contribution in [0, 0.1) is 5.41 Å². The van der Waals surface area contributed by atoms with Crippen molar-refractivity contribution in [2.45, 2.75) is 68.2 Å². The number of carbonyl (C=O) groups excluding carboxylic acids is 1. The van der Waals surface area contributed by atoms with E-state index in [4.69, 9.17) is 47.7 Å². The van der Waals surface area contributed by atoms with Crippen LogP contribution in [0.25, 0.3) is 0 Å². The first-order valence-electron chi connectivity index (χ1n) is 13.6. The van der Waals surface area contributed by atoms with Gasteiger partial charge in [-0.1, -0.05) is 48.0 Å². The van der Waals surface area contributed by atoms with Crippen molar-refractivity contribution in [3.05, 3.63) is 99.3 Å². The highest BCUT2D eigenvalue weighted by Crippen LogP contribution is 2.61. The van der Waals surface area contributed by atoms with E-state index in [2.05, 4.69) is 4.98 Å². The standard InChI is InChI=1S/C30H27B4ClF2N2O4/c1-25(2,41)19-8-11-23-22(14-19)24(40)39(16-21-10-9-20(35)15-38-21)28(23,18-6-4-17(5-7-18)26(3,36)37)43-30(33,34)27(12-13-27)29(31,32)42/h4-11,14-15,41-42H,12-13,16H2,1-3H3/t28-/m1/s1. The number of aliphatic hydroxyl groups is 2. The Balaban J connectivity index is 1.79. The summed E-state index contributed by atoms with van der Waals surface area (Å²) in [4.78, 5) is 20.0. The summed E-state index contributed by atoms with van der Waals surface area (Å²) in [5.74, 6) is -3.69. The lowest BCUT2D eigenvalue weighted by atomic mass is 9.43. The van der Waals surface area contributed by atoms with Gasteiger partial charge in [0.2, 0.25) is 0 Å². The lowest BCUT2D eigenvalue weighted by Gasteiger charge is -2.51. The minimum atomic E-state index is -3.15. The van der Waals surface area contributed by atoms with Crippen LogP contribution in [0.3, 0.4) is 0 Å². The normalized spacial score (nSPS) is 20.3. The molecule has 1 amide bonds. The van der Waals surface area contributed by atoms with Gasteiger partial charge >= 0.3 is 0 Å². The zero-order valence-corrected chi connectivity index (χ0v) is 24.7. The lowest BCUT2D eigenvalue weighted by molar-refractivity contribution is -0.168. The molecule has 5 rings (SSSR count). The van der Waals surface area contributed by atoms with Gasteiger partial charge in [0.15, 0.2) is 5.72 Å². The number of aromatic nitrogens is 1. The van der Waals surface area contributed by atoms with E-state index in [9.17, 15) is 23.8 Å². The number of carbonyl (C=O) groups is 1. The van der Waals surface area contributed by atoms with Crippen LogP contribution in [0.2, 0.25) is 5.02 Å². The van der Waals surface area contributed by atoms with E-state index in [0.717, 1.165) is 6.92 Å². The van der Waals surface area contributed by atoms with Gasteiger partial charge in [0.25, 0.3) is 11.8 Å². The minimum Gasteiger partial charge on any atom is -0.409 e. The van der Waals surface area contributed by atoms with Crippen LogP contribution in [-0.2, 0) is 28.5 Å². The van der Waals surface area contributed by atoms with E-state index in [1.807, 2.05) is 0 Å². The number of halogens is 3. The van der Waals surface area contributed by atoms with E-state index in [1.54, 1.807) is 38.1 Å². The molecule has 1 aliphatic heterocycles. The molecule has 0 unspecified atom stereocenters. The molecule has 1 aliphatic carbocycles. The maximum Gasteiger partial charge on any atom is 0.270 e. The molecule has 6 nitrogen and oxygen atoms in total. The monoisotopic (exact) mass is 596 g/mol. The van der Waals surface area contributed by atoms with E-state index in [0.29, 0.717) is 16.3 Å². The van der Waals surface area contributed by atoms with Gasteiger partial charge in [-0.3, -0.25) is 14.7 Å². The van der Waals surface area contributed by atoms with Crippen LogP contribution < -0.4 is 0 Å². The number of rotatable bonds is 9. The van der Waals surface area contributed by atoms with Gasteiger partial charge in [0.1, 0.15) is 15.7 Å². The number of alkyl halides is 2. The lowest BCUT2D eigenvalue weighted by Crippen LogP contribution is -2.62. The molecular weight excluding hydrogens is 569 g/mol. The van der Waals surface area contributed by atoms with Crippen LogP contribution in [-0.4, -0.2) is 68.2 Å². The third kappa shape index (κ3) is 5.34. The highest BCUT2D eigenvalue weighted by molar-refractivity contribution is 6.45. The number of hydrogen-bond donors (Lipinski definition) is 2. The number of nitrogens with zero attached hydrogens (tertiary/aromatic N) is 2. The number of pyridine rings is 1. The molecule has 43 heavy (non-hydrogen) atoms. The fourth-order valence-corrected chi connectivity index (χ4v) is 5.83. The summed E-state index contributed by atoms with van der Waals surface area (Å²) in [7, 11) is 25.1. The van der Waals surface area contributed by atoms with Crippen molar-refractivity contribution in [1.82, 2.24) is 9.88 Å². The van der Waals surface area contributed by atoms with Crippen molar-refractivity contribution < 1.29 is 28.5 Å². The fraction of sp³-hybridized carbons (Fsp3) is 0.400. The largest absolute Gasteiger partial charge is 0.409 e. The summed E-state index contributed by atoms with van der Waals surface area (Å²) in [6, 6.07) is 13.2. The predicted molar refractivity (Wildman–Crippen MR) is 161 cm³/mol. The van der Waals surface area contributed by atoms with Crippen LogP contribution >= 0.6 is 11.6 Å². The summed E-state index contributed by atoms with van der Waals surface area (Å²) in [5.41, 5.74) is -3.56. The third-order valence-electron chi connectivity index (χ3n) is 8.42. The van der Waals surface area contributed by atoms with Gasteiger partial charge in [-0.05, 0) is 61.3 Å². The van der Waals surface area contributed by atoms with Gasteiger partial charge in [0, 0.05) is 40.8 Å². The van der Waals surface area contributed by atoms with E-state index in [-0.39, 0.29) is 41.6 Å². The van der Waals surface area contributed by atoms with Crippen molar-refractivity contribution in [1.29, 1.82) is 0 Å². The predicted octanol–water partition coefficient (Wildman–Crippen LogP) is 3.70. The quantitative estimate of drug-likeness (QED) is 0.369. The number of hydrogen-bond acceptors (Lipinski definition) is 5. The van der Waals surface area contributed by atoms with E-state index in [1.165, 1.54) is 41.4 Å². The zero-order chi connectivity index (χ0) is 31.8. The Kier molecular flexibility index (Phi) is 7.53. The minimum absolute atomic E-state index is 0.148. The summed E-state index contributed by atoms with van der Waals surface area (Å²) < 4.78 is 35.1. The third-order valence-corrected chi connectivity index (χ3v) is 8.64. The number of ether oxygens (including phenoxy) is 1. The Morgan fingerprint density at radius 1 is 0.977 bits per heavy atom. The van der Waals surface area contributed by atoms with Crippen molar-refractivity contribution in [3.63, 3.8) is 0 Å². The SMILES string of the molecule is [B]C([B])(O)C1(C([B])([B])O[C@]2(c3ccc(C(C)(F)F)cc3)c3ccc(C(C)(C)O)cc3C(=O)N2Cc2ccc(Cl)cn2)CC1. The molecule has 2 heterocycles. The molecular formula is C30H27B4ClF2N2O4. The Labute approximate surface area is 259 Å². The Hall–Kier alpha value is -2.65. The van der Waals surface area contributed by atoms with Crippen LogP contribution in [0.15, 0.2) is 60.8 Å². The summed E-state index contributed by atoms with van der Waals surface area (Å²) in [6.45, 7) is 3.75. The zero-order valence-electron chi connectivity index (χ0n) is 23.9. The van der Waals surface area contributed by atoms with Crippen molar-refractivity contribution in [2.24, 2.45) is 5.41 Å². The van der Waals surface area contributed by atoms with Gasteiger partial charge in [-0.2, -0.15) is 0 Å². The van der Waals surface area contributed by atoms with Crippen LogP contribution in [0.4, 0.5) is 8.78 Å². The highest BCUT2D eigenvalue weighted by atomic mass is 35.5. The summed E-state index contributed by atoms with van der Waals surface area (Å²) in [6.07, 6.45) is 1.82. The smallest absolute Gasteiger partial charge is 0.270 e. The molecule has 0 saturated heterocycles. The Morgan fingerprint density at radius 3 is 2.07 bits per heavy atom. The molecule has 1 atom stereocenters. The molecule has 214 valence electrons. The van der Waals surface area contributed by atoms with E-state index < -0.39 is 39.4 Å². The summed E-state index contributed by atoms with van der Waals surface area (Å²) >= 11 is 6.05. The molecule has 0 spiro atoms. The van der Waals surface area contributed by atoms with Gasteiger partial charge < -0.3 is 14.9 Å². The molecule has 2 aromatic carbocycles. The second-order valence-corrected chi connectivity index (χ2v) is 12.5. The highest BCUT2D eigenvalue weighted by Gasteiger charge is 2.65. The van der Waals surface area contributed by atoms with Gasteiger partial charge in [-0.25, -0.2) is 8.78 Å². The second-order valence-electron chi connectivity index (χ2n) is 12.1. The first-order chi connectivity index (χ1) is 19.7. The van der Waals surface area contributed by atoms with E-state index >= 15 is 0 Å². The maximum absolute atomic E-state index is 14.3. The van der Waals surface area contributed by atoms with Gasteiger partial charge in [0.05, 0.1) is 38.6 Å². The van der Waals surface area contributed by atoms with Crippen molar-refractivity contribution >= 4 is 48.9 Å². The molecule has 1 aromatic heterocycles. The maximum atomic E-state index is 14.3. The molecule has 1 saturated carbocycles. The Morgan fingerprint density at radius 2 is 1.58 bits per heavy atom. The number of benzene rings is 2. The Bertz CT molecular complexity index is 1550. The molecule has 0 bridgehead atoms. The molecule has 13 heteroatoms. The summed E-state index contributed by atoms with van der Waals surface area (Å²) in [5, 5.41) is 17.2. The van der Waals surface area contributed by atoms with Crippen LogP contribution in [0.1, 0.15) is 71.9 Å². The second kappa shape index (κ2) is 10.2. The number of amides is 1.